The Balaban J connectivity index is 2.76. The van der Waals surface area contributed by atoms with Crippen LogP contribution in [0, 0.1) is 0 Å². The summed E-state index contributed by atoms with van der Waals surface area (Å²) in [4.78, 5) is 14.4. The molecule has 0 aliphatic heterocycles. The van der Waals surface area contributed by atoms with Crippen LogP contribution in [0.5, 0.6) is 6.01 Å². The average Bonchev–Trinajstić information content (AvgIpc) is 2.28. The molecule has 0 unspecified atom stereocenters. The van der Waals surface area contributed by atoms with E-state index in [4.69, 9.17) is 9.84 Å². The first-order chi connectivity index (χ1) is 6.49. The molecule has 0 amide bonds. The molecule has 0 aliphatic rings. The third-order valence-electron chi connectivity index (χ3n) is 1.48. The molecule has 6 nitrogen and oxygen atoms in total. The van der Waals surface area contributed by atoms with Crippen LogP contribution in [0.15, 0.2) is 0 Å². The van der Waals surface area contributed by atoms with E-state index in [2.05, 4.69) is 10.1 Å². The van der Waals surface area contributed by atoms with Crippen LogP contribution in [0.25, 0.3) is 0 Å². The van der Waals surface area contributed by atoms with Crippen LogP contribution in [-0.2, 0) is 18.3 Å². The third-order valence-corrected chi connectivity index (χ3v) is 1.48. The highest BCUT2D eigenvalue weighted by Gasteiger charge is 2.11. The molecule has 1 N–H and O–H groups in total. The van der Waals surface area contributed by atoms with E-state index in [-0.39, 0.29) is 18.5 Å². The highest BCUT2D eigenvalue weighted by atomic mass is 16.5. The Morgan fingerprint density at radius 1 is 1.64 bits per heavy atom. The van der Waals surface area contributed by atoms with Crippen molar-refractivity contribution in [2.75, 3.05) is 0 Å². The van der Waals surface area contributed by atoms with Gasteiger partial charge in [-0.2, -0.15) is 4.98 Å². The maximum atomic E-state index is 10.4. The van der Waals surface area contributed by atoms with Crippen LogP contribution in [0.4, 0.5) is 0 Å². The molecule has 1 aromatic heterocycles. The number of carboxylic acid groups (broad SMARTS) is 1. The number of rotatable bonds is 4. The molecule has 6 heteroatoms. The van der Waals surface area contributed by atoms with Crippen LogP contribution in [0.2, 0.25) is 0 Å². The summed E-state index contributed by atoms with van der Waals surface area (Å²) in [6.07, 6.45) is -0.166. The lowest BCUT2D eigenvalue weighted by Crippen LogP contribution is -2.07. The second-order valence-corrected chi connectivity index (χ2v) is 3.17. The van der Waals surface area contributed by atoms with Crippen LogP contribution in [0.3, 0.4) is 0 Å². The molecule has 14 heavy (non-hydrogen) atoms. The molecule has 1 heterocycles. The average molecular weight is 199 g/mol. The first-order valence-corrected chi connectivity index (χ1v) is 4.27. The summed E-state index contributed by atoms with van der Waals surface area (Å²) < 4.78 is 6.63. The second kappa shape index (κ2) is 4.08. The largest absolute Gasteiger partial charge is 0.481 e. The minimum absolute atomic E-state index is 0.0184. The lowest BCUT2D eigenvalue weighted by molar-refractivity contribution is -0.136. The van der Waals surface area contributed by atoms with Crippen LogP contribution in [-0.4, -0.2) is 31.9 Å². The normalized spacial score (nSPS) is 10.6. The smallest absolute Gasteiger partial charge is 0.335 e. The molecular weight excluding hydrogens is 186 g/mol. The minimum Gasteiger partial charge on any atom is -0.481 e. The maximum Gasteiger partial charge on any atom is 0.335 e. The Bertz CT molecular complexity index is 333. The number of aromatic nitrogens is 3. The molecule has 0 saturated heterocycles. The number of aliphatic carboxylic acids is 1. The van der Waals surface area contributed by atoms with Gasteiger partial charge in [0, 0.05) is 7.05 Å². The van der Waals surface area contributed by atoms with E-state index in [1.165, 1.54) is 4.68 Å². The summed E-state index contributed by atoms with van der Waals surface area (Å²) in [5.74, 6) is -0.551. The van der Waals surface area contributed by atoms with Crippen molar-refractivity contribution in [1.29, 1.82) is 0 Å². The maximum absolute atomic E-state index is 10.4. The van der Waals surface area contributed by atoms with Gasteiger partial charge >= 0.3 is 12.0 Å². The number of hydrogen-bond donors (Lipinski definition) is 1. The SMILES string of the molecule is CC(C)Oc1nc(CC(=O)O)n(C)n1. The number of ether oxygens (including phenoxy) is 1. The van der Waals surface area contributed by atoms with Gasteiger partial charge in [0.2, 0.25) is 0 Å². The molecule has 0 atom stereocenters. The fraction of sp³-hybridized carbons (Fsp3) is 0.625. The van der Waals surface area contributed by atoms with Gasteiger partial charge in [0.1, 0.15) is 12.2 Å². The Kier molecular flexibility index (Phi) is 3.06. The number of carbonyl (C=O) groups is 1. The Labute approximate surface area is 81.5 Å². The van der Waals surface area contributed by atoms with Crippen LogP contribution >= 0.6 is 0 Å². The Morgan fingerprint density at radius 3 is 2.79 bits per heavy atom. The summed E-state index contributed by atoms with van der Waals surface area (Å²) in [6.45, 7) is 3.71. The molecule has 1 aromatic rings. The van der Waals surface area contributed by atoms with Crippen LogP contribution in [0.1, 0.15) is 19.7 Å². The molecule has 0 fully saturated rings. The Hall–Kier alpha value is -1.59. The van der Waals surface area contributed by atoms with Gasteiger partial charge in [0.25, 0.3) is 0 Å². The molecule has 1 rings (SSSR count). The van der Waals surface area contributed by atoms with Crippen LogP contribution < -0.4 is 4.74 Å². The summed E-state index contributed by atoms with van der Waals surface area (Å²) in [5.41, 5.74) is 0. The number of aryl methyl sites for hydroxylation is 1. The zero-order chi connectivity index (χ0) is 10.7. The summed E-state index contributed by atoms with van der Waals surface area (Å²) in [7, 11) is 1.64. The lowest BCUT2D eigenvalue weighted by atomic mass is 10.4. The van der Waals surface area contributed by atoms with Gasteiger partial charge < -0.3 is 9.84 Å². The quantitative estimate of drug-likeness (QED) is 0.751. The van der Waals surface area contributed by atoms with Crippen molar-refractivity contribution in [3.8, 4) is 6.01 Å². The van der Waals surface area contributed by atoms with Crippen molar-refractivity contribution >= 4 is 5.97 Å². The van der Waals surface area contributed by atoms with Gasteiger partial charge in [-0.05, 0) is 13.8 Å². The molecular formula is C8H13N3O3. The summed E-state index contributed by atoms with van der Waals surface area (Å²) in [6, 6.07) is 0.221. The van der Waals surface area contributed by atoms with Gasteiger partial charge in [0.05, 0.1) is 6.10 Å². The fourth-order valence-corrected chi connectivity index (χ4v) is 0.941. The minimum atomic E-state index is -0.934. The first-order valence-electron chi connectivity index (χ1n) is 4.27. The topological polar surface area (TPSA) is 77.2 Å². The highest BCUT2D eigenvalue weighted by Crippen LogP contribution is 2.07. The predicted molar refractivity (Wildman–Crippen MR) is 48.1 cm³/mol. The molecule has 0 aromatic carbocycles. The zero-order valence-corrected chi connectivity index (χ0v) is 8.39. The predicted octanol–water partition coefficient (Wildman–Crippen LogP) is 0.229. The summed E-state index contributed by atoms with van der Waals surface area (Å²) in [5, 5.41) is 12.5. The van der Waals surface area contributed by atoms with Crippen molar-refractivity contribution in [2.45, 2.75) is 26.4 Å². The van der Waals surface area contributed by atoms with E-state index in [1.807, 2.05) is 13.8 Å². The standard InChI is InChI=1S/C8H13N3O3/c1-5(2)14-8-9-6(4-7(12)13)11(3)10-8/h5H,4H2,1-3H3,(H,12,13). The van der Waals surface area contributed by atoms with Gasteiger partial charge in [-0.3, -0.25) is 4.79 Å². The lowest BCUT2D eigenvalue weighted by Gasteiger charge is -2.02. The Morgan fingerprint density at radius 2 is 2.29 bits per heavy atom. The molecule has 0 saturated carbocycles. The van der Waals surface area contributed by atoms with E-state index < -0.39 is 5.97 Å². The van der Waals surface area contributed by atoms with Gasteiger partial charge in [-0.15, -0.1) is 5.10 Å². The van der Waals surface area contributed by atoms with Gasteiger partial charge in [-0.1, -0.05) is 0 Å². The van der Waals surface area contributed by atoms with Crippen molar-refractivity contribution in [1.82, 2.24) is 14.8 Å². The summed E-state index contributed by atoms with van der Waals surface area (Å²) >= 11 is 0. The van der Waals surface area contributed by atoms with E-state index in [9.17, 15) is 4.79 Å². The molecule has 0 aliphatic carbocycles. The third kappa shape index (κ3) is 2.72. The van der Waals surface area contributed by atoms with Gasteiger partial charge in [0.15, 0.2) is 0 Å². The monoisotopic (exact) mass is 199 g/mol. The second-order valence-electron chi connectivity index (χ2n) is 3.17. The van der Waals surface area contributed by atoms with E-state index in [1.54, 1.807) is 7.05 Å². The van der Waals surface area contributed by atoms with E-state index >= 15 is 0 Å². The van der Waals surface area contributed by atoms with Gasteiger partial charge in [-0.25, -0.2) is 4.68 Å². The fourth-order valence-electron chi connectivity index (χ4n) is 0.941. The number of nitrogens with zero attached hydrogens (tertiary/aromatic N) is 3. The van der Waals surface area contributed by atoms with Crippen molar-refractivity contribution in [3.05, 3.63) is 5.82 Å². The van der Waals surface area contributed by atoms with Crippen molar-refractivity contribution < 1.29 is 14.6 Å². The molecule has 0 radical (unpaired) electrons. The van der Waals surface area contributed by atoms with E-state index in [0.29, 0.717) is 5.82 Å². The first kappa shape index (κ1) is 10.5. The molecule has 0 bridgehead atoms. The van der Waals surface area contributed by atoms with E-state index in [0.717, 1.165) is 0 Å². The molecule has 0 spiro atoms. The van der Waals surface area contributed by atoms with Crippen molar-refractivity contribution in [3.63, 3.8) is 0 Å². The molecule has 78 valence electrons. The highest BCUT2D eigenvalue weighted by molar-refractivity contribution is 5.69. The van der Waals surface area contributed by atoms with Crippen molar-refractivity contribution in [2.24, 2.45) is 7.05 Å². The number of carboxylic acids is 1. The number of hydrogen-bond acceptors (Lipinski definition) is 4. The zero-order valence-electron chi connectivity index (χ0n) is 8.39.